The SMILES string of the molecule is CN1C(C)(C)COC12CCCC1(CC2)OCC(C)(C)N1C. The number of nitrogens with zero attached hydrogens (tertiary/aromatic N) is 2. The molecule has 3 fully saturated rings. The third-order valence-electron chi connectivity index (χ3n) is 6.47. The second-order valence-corrected chi connectivity index (χ2v) is 8.57. The smallest absolute Gasteiger partial charge is 0.122 e. The van der Waals surface area contributed by atoms with Gasteiger partial charge in [-0.05, 0) is 73.9 Å². The summed E-state index contributed by atoms with van der Waals surface area (Å²) < 4.78 is 12.7. The normalized spacial score (nSPS) is 43.7. The third kappa shape index (κ3) is 2.26. The van der Waals surface area contributed by atoms with Crippen molar-refractivity contribution in [3.05, 3.63) is 0 Å². The minimum absolute atomic E-state index is 0.0794. The van der Waals surface area contributed by atoms with E-state index in [0.29, 0.717) is 0 Å². The molecule has 3 aliphatic rings. The molecule has 2 aliphatic heterocycles. The molecular weight excluding hydrogens is 264 g/mol. The molecule has 0 amide bonds. The van der Waals surface area contributed by atoms with Crippen molar-refractivity contribution in [2.45, 2.75) is 82.3 Å². The van der Waals surface area contributed by atoms with E-state index in [1.807, 2.05) is 0 Å². The molecule has 2 heterocycles. The molecule has 1 aliphatic carbocycles. The van der Waals surface area contributed by atoms with Gasteiger partial charge < -0.3 is 9.47 Å². The Kier molecular flexibility index (Phi) is 3.50. The fraction of sp³-hybridized carbons (Fsp3) is 1.00. The van der Waals surface area contributed by atoms with Crippen LogP contribution < -0.4 is 0 Å². The van der Waals surface area contributed by atoms with Crippen LogP contribution in [0.4, 0.5) is 0 Å². The van der Waals surface area contributed by atoms with Crippen LogP contribution in [0.3, 0.4) is 0 Å². The highest BCUT2D eigenvalue weighted by Crippen LogP contribution is 2.48. The molecule has 122 valence electrons. The molecule has 21 heavy (non-hydrogen) atoms. The van der Waals surface area contributed by atoms with E-state index in [9.17, 15) is 0 Å². The Bertz CT molecular complexity index is 385. The van der Waals surface area contributed by atoms with Gasteiger partial charge in [0, 0.05) is 11.1 Å². The molecule has 0 aromatic rings. The standard InChI is InChI=1S/C17H32N2O2/c1-14(2)12-20-16(18(14)5)8-7-9-17(11-10-16)19(6)15(3,4)13-21-17/h7-13H2,1-6H3. The van der Waals surface area contributed by atoms with Crippen molar-refractivity contribution in [3.63, 3.8) is 0 Å². The highest BCUT2D eigenvalue weighted by Gasteiger charge is 2.55. The maximum absolute atomic E-state index is 6.33. The van der Waals surface area contributed by atoms with Crippen molar-refractivity contribution >= 4 is 0 Å². The van der Waals surface area contributed by atoms with E-state index < -0.39 is 0 Å². The molecule has 2 atom stereocenters. The van der Waals surface area contributed by atoms with E-state index in [4.69, 9.17) is 9.47 Å². The third-order valence-corrected chi connectivity index (χ3v) is 6.47. The van der Waals surface area contributed by atoms with Gasteiger partial charge in [-0.1, -0.05) is 0 Å². The molecule has 0 bridgehead atoms. The molecule has 4 nitrogen and oxygen atoms in total. The van der Waals surface area contributed by atoms with Crippen LogP contribution in [0.2, 0.25) is 0 Å². The van der Waals surface area contributed by atoms with Gasteiger partial charge in [-0.15, -0.1) is 0 Å². The lowest BCUT2D eigenvalue weighted by Crippen LogP contribution is -2.51. The van der Waals surface area contributed by atoms with Gasteiger partial charge in [0.2, 0.25) is 0 Å². The quantitative estimate of drug-likeness (QED) is 0.686. The first-order valence-electron chi connectivity index (χ1n) is 8.40. The molecule has 3 rings (SSSR count). The fourth-order valence-corrected chi connectivity index (χ4v) is 4.35. The number of hydrogen-bond donors (Lipinski definition) is 0. The second kappa shape index (κ2) is 4.67. The Morgan fingerprint density at radius 1 is 0.667 bits per heavy atom. The lowest BCUT2D eigenvalue weighted by Gasteiger charge is -2.41. The van der Waals surface area contributed by atoms with Crippen LogP contribution in [0.25, 0.3) is 0 Å². The summed E-state index contributed by atoms with van der Waals surface area (Å²) in [7, 11) is 4.46. The van der Waals surface area contributed by atoms with Crippen LogP contribution in [-0.2, 0) is 9.47 Å². The van der Waals surface area contributed by atoms with Gasteiger partial charge in [-0.2, -0.15) is 0 Å². The highest BCUT2D eigenvalue weighted by atomic mass is 16.5. The van der Waals surface area contributed by atoms with E-state index >= 15 is 0 Å². The fourth-order valence-electron chi connectivity index (χ4n) is 4.35. The molecule has 0 aromatic carbocycles. The van der Waals surface area contributed by atoms with Crippen LogP contribution in [0.15, 0.2) is 0 Å². The van der Waals surface area contributed by atoms with E-state index in [0.717, 1.165) is 38.9 Å². The predicted molar refractivity (Wildman–Crippen MR) is 84.1 cm³/mol. The number of hydrogen-bond acceptors (Lipinski definition) is 4. The second-order valence-electron chi connectivity index (χ2n) is 8.57. The van der Waals surface area contributed by atoms with Crippen LogP contribution >= 0.6 is 0 Å². The minimum Gasteiger partial charge on any atom is -0.359 e. The van der Waals surface area contributed by atoms with Crippen LogP contribution in [0.1, 0.15) is 59.8 Å². The summed E-state index contributed by atoms with van der Waals surface area (Å²) in [5.41, 5.74) is 0.117. The molecule has 2 saturated heterocycles. The lowest BCUT2D eigenvalue weighted by atomic mass is 9.96. The average Bonchev–Trinajstić information content (AvgIpc) is 2.71. The maximum atomic E-state index is 6.33. The first-order valence-corrected chi connectivity index (χ1v) is 8.40. The van der Waals surface area contributed by atoms with Gasteiger partial charge in [0.25, 0.3) is 0 Å². The zero-order chi connectivity index (χ0) is 15.5. The van der Waals surface area contributed by atoms with Gasteiger partial charge >= 0.3 is 0 Å². The van der Waals surface area contributed by atoms with Crippen LogP contribution in [0, 0.1) is 0 Å². The Morgan fingerprint density at radius 3 is 1.33 bits per heavy atom. The van der Waals surface area contributed by atoms with Gasteiger partial charge in [0.15, 0.2) is 0 Å². The lowest BCUT2D eigenvalue weighted by molar-refractivity contribution is -0.113. The van der Waals surface area contributed by atoms with Gasteiger partial charge in [0.05, 0.1) is 13.2 Å². The zero-order valence-corrected chi connectivity index (χ0v) is 14.7. The number of likely N-dealkylation sites (N-methyl/N-ethyl adjacent to an activating group) is 2. The summed E-state index contributed by atoms with van der Waals surface area (Å²) in [6.07, 6.45) is 5.53. The molecule has 0 N–H and O–H groups in total. The molecule has 1 saturated carbocycles. The summed E-state index contributed by atoms with van der Waals surface area (Å²) in [6, 6.07) is 0. The topological polar surface area (TPSA) is 24.9 Å². The number of ether oxygens (including phenoxy) is 2. The summed E-state index contributed by atoms with van der Waals surface area (Å²) in [5, 5.41) is 0. The van der Waals surface area contributed by atoms with Gasteiger partial charge in [-0.3, -0.25) is 9.80 Å². The average molecular weight is 296 g/mol. The van der Waals surface area contributed by atoms with E-state index in [-0.39, 0.29) is 22.5 Å². The van der Waals surface area contributed by atoms with Crippen molar-refractivity contribution in [1.82, 2.24) is 9.80 Å². The van der Waals surface area contributed by atoms with Crippen molar-refractivity contribution in [3.8, 4) is 0 Å². The zero-order valence-electron chi connectivity index (χ0n) is 14.7. The van der Waals surface area contributed by atoms with Gasteiger partial charge in [-0.25, -0.2) is 0 Å². The maximum Gasteiger partial charge on any atom is 0.122 e. The minimum atomic E-state index is -0.0794. The summed E-state index contributed by atoms with van der Waals surface area (Å²) in [6.45, 7) is 10.8. The Balaban J connectivity index is 1.80. The summed E-state index contributed by atoms with van der Waals surface area (Å²) in [4.78, 5) is 4.94. The van der Waals surface area contributed by atoms with Crippen LogP contribution in [0.5, 0.6) is 0 Å². The predicted octanol–water partition coefficient (Wildman–Crippen LogP) is 2.82. The molecule has 2 spiro atoms. The first-order chi connectivity index (χ1) is 9.64. The first kappa shape index (κ1) is 15.7. The van der Waals surface area contributed by atoms with Crippen molar-refractivity contribution in [1.29, 1.82) is 0 Å². The highest BCUT2D eigenvalue weighted by molar-refractivity contribution is 5.03. The monoisotopic (exact) mass is 296 g/mol. The van der Waals surface area contributed by atoms with E-state index in [1.54, 1.807) is 0 Å². The summed E-state index contributed by atoms with van der Waals surface area (Å²) in [5.74, 6) is 0. The Hall–Kier alpha value is -0.160. The van der Waals surface area contributed by atoms with Crippen molar-refractivity contribution in [2.75, 3.05) is 27.3 Å². The molecule has 0 radical (unpaired) electrons. The van der Waals surface area contributed by atoms with E-state index in [2.05, 4.69) is 51.6 Å². The molecule has 2 unspecified atom stereocenters. The molecular formula is C17H32N2O2. The summed E-state index contributed by atoms with van der Waals surface area (Å²) >= 11 is 0. The van der Waals surface area contributed by atoms with Crippen LogP contribution in [-0.4, -0.2) is 59.6 Å². The van der Waals surface area contributed by atoms with E-state index in [1.165, 1.54) is 6.42 Å². The Labute approximate surface area is 129 Å². The molecule has 0 aromatic heterocycles. The largest absolute Gasteiger partial charge is 0.359 e. The molecule has 4 heteroatoms. The van der Waals surface area contributed by atoms with Crippen molar-refractivity contribution < 1.29 is 9.47 Å². The van der Waals surface area contributed by atoms with Gasteiger partial charge in [0.1, 0.15) is 11.4 Å². The van der Waals surface area contributed by atoms with Crippen molar-refractivity contribution in [2.24, 2.45) is 0 Å². The number of rotatable bonds is 0. The Morgan fingerprint density at radius 2 is 1.05 bits per heavy atom.